The van der Waals surface area contributed by atoms with Crippen LogP contribution in [0.25, 0.3) is 5.57 Å². The number of carbonyl (C=O) groups excluding carboxylic acids is 1. The Morgan fingerprint density at radius 2 is 1.40 bits per heavy atom. The van der Waals surface area contributed by atoms with Crippen LogP contribution in [0.15, 0.2) is 102 Å². The number of Topliss-reactive ketones (excluding diaryl/α,β-unsaturated/α-hetero) is 1. The summed E-state index contributed by atoms with van der Waals surface area (Å²) in [6, 6.07) is 17.2. The van der Waals surface area contributed by atoms with Gasteiger partial charge >= 0.3 is 0 Å². The van der Waals surface area contributed by atoms with Crippen molar-refractivity contribution in [1.82, 2.24) is 4.98 Å². The lowest BCUT2D eigenvalue weighted by atomic mass is 9.86. The Balaban J connectivity index is 1.73. The molecule has 0 bridgehead atoms. The smallest absolute Gasteiger partial charge is 0.197 e. The maximum absolute atomic E-state index is 14.2. The molecule has 0 amide bonds. The highest BCUT2D eigenvalue weighted by molar-refractivity contribution is 6.31. The molecule has 1 heterocycles. The van der Waals surface area contributed by atoms with Gasteiger partial charge in [-0.25, -0.2) is 0 Å². The van der Waals surface area contributed by atoms with Gasteiger partial charge in [-0.3, -0.25) is 9.78 Å². The van der Waals surface area contributed by atoms with Crippen molar-refractivity contribution in [2.45, 2.75) is 59.3 Å². The Hall–Kier alpha value is -4.42. The largest absolute Gasteiger partial charge is 0.308 e. The summed E-state index contributed by atoms with van der Waals surface area (Å²) in [5.41, 5.74) is 10.1. The third kappa shape index (κ3) is 4.65. The molecule has 0 radical (unpaired) electrons. The molecular formula is C37H36N2O. The minimum absolute atomic E-state index is 0.00482. The number of benzene rings is 2. The predicted octanol–water partition coefficient (Wildman–Crippen LogP) is 9.17. The monoisotopic (exact) mass is 524 g/mol. The van der Waals surface area contributed by atoms with Gasteiger partial charge in [0, 0.05) is 28.7 Å². The quantitative estimate of drug-likeness (QED) is 0.319. The Morgan fingerprint density at radius 1 is 0.850 bits per heavy atom. The van der Waals surface area contributed by atoms with Crippen molar-refractivity contribution in [3.8, 4) is 12.3 Å². The van der Waals surface area contributed by atoms with E-state index in [2.05, 4.69) is 106 Å². The van der Waals surface area contributed by atoms with E-state index in [0.29, 0.717) is 11.1 Å². The molecule has 40 heavy (non-hydrogen) atoms. The molecule has 3 nitrogen and oxygen atoms in total. The summed E-state index contributed by atoms with van der Waals surface area (Å²) in [6.45, 7) is 15.2. The fraction of sp³-hybridized carbons (Fsp3) is 0.243. The van der Waals surface area contributed by atoms with Crippen LogP contribution in [0, 0.1) is 12.3 Å². The molecule has 2 aliphatic carbocycles. The highest BCUT2D eigenvalue weighted by Gasteiger charge is 2.39. The van der Waals surface area contributed by atoms with E-state index in [9.17, 15) is 4.79 Å². The van der Waals surface area contributed by atoms with Crippen LogP contribution in [0.3, 0.4) is 0 Å². The Bertz CT molecular complexity index is 1600. The van der Waals surface area contributed by atoms with E-state index < -0.39 is 0 Å². The third-order valence-corrected chi connectivity index (χ3v) is 7.62. The number of aromatic nitrogens is 1. The predicted molar refractivity (Wildman–Crippen MR) is 167 cm³/mol. The number of ketones is 1. The maximum Gasteiger partial charge on any atom is 0.197 e. The minimum atomic E-state index is -0.00482. The number of terminal acetylenes is 1. The molecule has 0 fully saturated rings. The fourth-order valence-electron chi connectivity index (χ4n) is 5.44. The normalized spacial score (nSPS) is 15.9. The SMILES string of the molecule is C#C/C=C1/C=C2C(=C1/C=C\C)C(=O)c1c2cncc1N(c1ccc(C(C)(C)C)cc1)c1ccc(C(C)(C)C)cc1. The number of fused-ring (bicyclic) bond motifs is 3. The fourth-order valence-corrected chi connectivity index (χ4v) is 5.44. The summed E-state index contributed by atoms with van der Waals surface area (Å²) in [6.07, 6.45) is 16.9. The van der Waals surface area contributed by atoms with Crippen LogP contribution in [0.5, 0.6) is 0 Å². The molecule has 0 saturated carbocycles. The van der Waals surface area contributed by atoms with Crippen LogP contribution < -0.4 is 4.90 Å². The zero-order valence-corrected chi connectivity index (χ0v) is 24.5. The van der Waals surface area contributed by atoms with Crippen molar-refractivity contribution < 1.29 is 4.79 Å². The Labute approximate surface area is 238 Å². The van der Waals surface area contributed by atoms with Crippen molar-refractivity contribution in [1.29, 1.82) is 0 Å². The second-order valence-electron chi connectivity index (χ2n) is 12.5. The van der Waals surface area contributed by atoms with Crippen LogP contribution in [-0.4, -0.2) is 10.8 Å². The molecule has 0 spiro atoms. The highest BCUT2D eigenvalue weighted by Crippen LogP contribution is 2.50. The zero-order valence-electron chi connectivity index (χ0n) is 24.5. The minimum Gasteiger partial charge on any atom is -0.308 e. The number of pyridine rings is 1. The molecule has 2 aliphatic rings. The number of hydrogen-bond donors (Lipinski definition) is 0. The standard InChI is InChI=1S/C37H36N2O/c1-9-11-24-21-30-31-22-38-23-32(34(31)35(40)33(30)29(24)12-10-2)39(27-17-13-25(14-18-27)36(3,4)5)28-19-15-26(16-20-28)37(6,7)8/h1,10-23H,2-8H3/b12-10-,24-11-. The molecule has 0 saturated heterocycles. The molecule has 0 aliphatic heterocycles. The number of anilines is 3. The summed E-state index contributed by atoms with van der Waals surface area (Å²) >= 11 is 0. The van der Waals surface area contributed by atoms with Crippen LogP contribution in [-0.2, 0) is 10.8 Å². The van der Waals surface area contributed by atoms with Gasteiger partial charge in [0.05, 0.1) is 17.4 Å². The van der Waals surface area contributed by atoms with Crippen molar-refractivity contribution in [2.24, 2.45) is 0 Å². The first-order valence-corrected chi connectivity index (χ1v) is 13.8. The number of allylic oxidation sites excluding steroid dienone is 8. The van der Waals surface area contributed by atoms with E-state index in [4.69, 9.17) is 6.42 Å². The van der Waals surface area contributed by atoms with Crippen molar-refractivity contribution in [2.75, 3.05) is 4.90 Å². The lowest BCUT2D eigenvalue weighted by Crippen LogP contribution is -2.16. The van der Waals surface area contributed by atoms with E-state index in [1.165, 1.54) is 11.1 Å². The number of hydrogen-bond acceptors (Lipinski definition) is 3. The van der Waals surface area contributed by atoms with E-state index in [-0.39, 0.29) is 16.6 Å². The van der Waals surface area contributed by atoms with Crippen molar-refractivity contribution in [3.05, 3.63) is 124 Å². The van der Waals surface area contributed by atoms with E-state index >= 15 is 0 Å². The molecule has 1 aromatic heterocycles. The average molecular weight is 525 g/mol. The zero-order chi connectivity index (χ0) is 28.8. The second-order valence-corrected chi connectivity index (χ2v) is 12.5. The molecule has 5 rings (SSSR count). The van der Waals surface area contributed by atoms with Gasteiger partial charge in [0.15, 0.2) is 5.78 Å². The van der Waals surface area contributed by atoms with Crippen LogP contribution in [0.1, 0.15) is 75.5 Å². The molecular weight excluding hydrogens is 488 g/mol. The van der Waals surface area contributed by atoms with Crippen LogP contribution in [0.4, 0.5) is 17.1 Å². The summed E-state index contributed by atoms with van der Waals surface area (Å²) in [4.78, 5) is 21.0. The number of rotatable bonds is 4. The summed E-state index contributed by atoms with van der Waals surface area (Å²) < 4.78 is 0. The maximum atomic E-state index is 14.2. The molecule has 3 aromatic rings. The number of carbonyl (C=O) groups is 1. The summed E-state index contributed by atoms with van der Waals surface area (Å²) in [5, 5.41) is 0. The van der Waals surface area contributed by atoms with E-state index in [1.54, 1.807) is 12.3 Å². The Kier molecular flexibility index (Phi) is 6.76. The first-order chi connectivity index (χ1) is 19.0. The first kappa shape index (κ1) is 27.2. The molecule has 0 N–H and O–H groups in total. The van der Waals surface area contributed by atoms with Gasteiger partial charge in [0.25, 0.3) is 0 Å². The second kappa shape index (κ2) is 9.96. The summed E-state index contributed by atoms with van der Waals surface area (Å²) in [7, 11) is 0. The van der Waals surface area contributed by atoms with Gasteiger partial charge in [-0.1, -0.05) is 83.9 Å². The van der Waals surface area contributed by atoms with Crippen molar-refractivity contribution >= 4 is 28.4 Å². The highest BCUT2D eigenvalue weighted by atomic mass is 16.1. The molecule has 2 aromatic carbocycles. The molecule has 200 valence electrons. The lowest BCUT2D eigenvalue weighted by Gasteiger charge is -2.29. The van der Waals surface area contributed by atoms with Gasteiger partial charge < -0.3 is 4.90 Å². The lowest BCUT2D eigenvalue weighted by molar-refractivity contribution is 0.104. The van der Waals surface area contributed by atoms with Gasteiger partial charge in [-0.2, -0.15) is 0 Å². The van der Waals surface area contributed by atoms with E-state index in [1.807, 2.05) is 31.3 Å². The average Bonchev–Trinajstić information content (AvgIpc) is 3.39. The molecule has 0 atom stereocenters. The topological polar surface area (TPSA) is 33.2 Å². The third-order valence-electron chi connectivity index (χ3n) is 7.62. The number of nitrogens with zero attached hydrogens (tertiary/aromatic N) is 2. The molecule has 3 heteroatoms. The molecule has 0 unspecified atom stereocenters. The summed E-state index contributed by atoms with van der Waals surface area (Å²) in [5.74, 6) is 2.61. The van der Waals surface area contributed by atoms with Gasteiger partial charge in [-0.05, 0) is 82.0 Å². The van der Waals surface area contributed by atoms with E-state index in [0.717, 1.165) is 39.3 Å². The van der Waals surface area contributed by atoms with Crippen molar-refractivity contribution in [3.63, 3.8) is 0 Å². The first-order valence-electron chi connectivity index (χ1n) is 13.8. The van der Waals surface area contributed by atoms with Gasteiger partial charge in [-0.15, -0.1) is 6.42 Å². The van der Waals surface area contributed by atoms with Gasteiger partial charge in [0.2, 0.25) is 0 Å². The van der Waals surface area contributed by atoms with Gasteiger partial charge in [0.1, 0.15) is 0 Å². The van der Waals surface area contributed by atoms with Crippen LogP contribution >= 0.6 is 0 Å². The van der Waals surface area contributed by atoms with Crippen LogP contribution in [0.2, 0.25) is 0 Å². The Morgan fingerprint density at radius 3 is 1.88 bits per heavy atom.